The van der Waals surface area contributed by atoms with Crippen molar-refractivity contribution >= 4 is 5.78 Å². The first-order valence-corrected chi connectivity index (χ1v) is 9.33. The lowest BCUT2D eigenvalue weighted by Crippen LogP contribution is -2.36. The number of hydrogen-bond donors (Lipinski definition) is 5. The van der Waals surface area contributed by atoms with Gasteiger partial charge in [-0.25, -0.2) is 0 Å². The quantitative estimate of drug-likeness (QED) is 0.450. The lowest BCUT2D eigenvalue weighted by Gasteiger charge is -2.31. The lowest BCUT2D eigenvalue weighted by molar-refractivity contribution is 0.0210. The van der Waals surface area contributed by atoms with Gasteiger partial charge < -0.3 is 30.3 Å². The molecule has 0 saturated heterocycles. The van der Waals surface area contributed by atoms with Crippen LogP contribution < -0.4 is 4.74 Å². The molecule has 0 bridgehead atoms. The van der Waals surface area contributed by atoms with Crippen molar-refractivity contribution < 1.29 is 35.1 Å². The molecule has 5 N–H and O–H groups in total. The van der Waals surface area contributed by atoms with Gasteiger partial charge in [-0.3, -0.25) is 4.79 Å². The van der Waals surface area contributed by atoms with Crippen molar-refractivity contribution in [3.05, 3.63) is 76.9 Å². The Balaban J connectivity index is 1.77. The van der Waals surface area contributed by atoms with Gasteiger partial charge in [-0.15, -0.1) is 0 Å². The number of aromatic hydroxyl groups is 4. The average molecular weight is 408 g/mol. The molecule has 7 nitrogen and oxygen atoms in total. The second-order valence-corrected chi connectivity index (χ2v) is 7.28. The highest BCUT2D eigenvalue weighted by atomic mass is 16.5. The molecule has 7 heteroatoms. The molecule has 0 saturated carbocycles. The number of aliphatic hydroxyl groups excluding tert-OH is 1. The highest BCUT2D eigenvalue weighted by molar-refractivity contribution is 6.06. The van der Waals surface area contributed by atoms with Gasteiger partial charge in [0.05, 0.1) is 0 Å². The Hall–Kier alpha value is -3.71. The van der Waals surface area contributed by atoms with E-state index in [1.165, 1.54) is 42.5 Å². The molecule has 30 heavy (non-hydrogen) atoms. The third-order valence-corrected chi connectivity index (χ3v) is 5.39. The third kappa shape index (κ3) is 3.19. The maximum absolute atomic E-state index is 12.9. The molecule has 1 aliphatic heterocycles. The van der Waals surface area contributed by atoms with Crippen molar-refractivity contribution in [3.8, 4) is 28.7 Å². The van der Waals surface area contributed by atoms with E-state index in [4.69, 9.17) is 4.74 Å². The normalized spacial score (nSPS) is 19.1. The van der Waals surface area contributed by atoms with Crippen molar-refractivity contribution in [2.24, 2.45) is 0 Å². The molecule has 0 unspecified atom stereocenters. The smallest absolute Gasteiger partial charge is 0.202 e. The standard InChI is InChI=1S/C23H20O7/c1-11(12-2-6-14(24)7-3-12)18-16(26)10-17-19(20(18)27)21(28)22(29)23(30-17)13-4-8-15(25)9-5-13/h2-11,22-27,29H,1H3/t11-,22+,23-/m1/s1. The highest BCUT2D eigenvalue weighted by Gasteiger charge is 2.40. The van der Waals surface area contributed by atoms with E-state index in [2.05, 4.69) is 0 Å². The molecule has 0 radical (unpaired) electrons. The van der Waals surface area contributed by atoms with Gasteiger partial charge in [0.1, 0.15) is 34.3 Å². The second kappa shape index (κ2) is 7.27. The van der Waals surface area contributed by atoms with Crippen LogP contribution in [0.3, 0.4) is 0 Å². The van der Waals surface area contributed by atoms with Crippen LogP contribution >= 0.6 is 0 Å². The van der Waals surface area contributed by atoms with Crippen molar-refractivity contribution in [1.82, 2.24) is 0 Å². The summed E-state index contributed by atoms with van der Waals surface area (Å²) in [5.41, 5.74) is 1.08. The molecule has 1 heterocycles. The summed E-state index contributed by atoms with van der Waals surface area (Å²) in [5, 5.41) is 50.9. The first-order valence-electron chi connectivity index (χ1n) is 9.33. The molecular weight excluding hydrogens is 388 g/mol. The summed E-state index contributed by atoms with van der Waals surface area (Å²) >= 11 is 0. The Bertz CT molecular complexity index is 1100. The monoisotopic (exact) mass is 408 g/mol. The van der Waals surface area contributed by atoms with Gasteiger partial charge in [0.15, 0.2) is 12.2 Å². The molecule has 0 fully saturated rings. The number of hydrogen-bond acceptors (Lipinski definition) is 7. The van der Waals surface area contributed by atoms with Gasteiger partial charge in [0.2, 0.25) is 5.78 Å². The largest absolute Gasteiger partial charge is 0.508 e. The molecule has 0 aromatic heterocycles. The van der Waals surface area contributed by atoms with E-state index in [9.17, 15) is 30.3 Å². The van der Waals surface area contributed by atoms with Crippen LogP contribution in [0.4, 0.5) is 0 Å². The van der Waals surface area contributed by atoms with Gasteiger partial charge in [-0.2, -0.15) is 0 Å². The predicted molar refractivity (Wildman–Crippen MR) is 107 cm³/mol. The van der Waals surface area contributed by atoms with Gasteiger partial charge >= 0.3 is 0 Å². The number of phenols is 4. The molecule has 0 amide bonds. The summed E-state index contributed by atoms with van der Waals surface area (Å²) in [6.07, 6.45) is -2.63. The third-order valence-electron chi connectivity index (χ3n) is 5.39. The van der Waals surface area contributed by atoms with E-state index in [-0.39, 0.29) is 34.1 Å². The van der Waals surface area contributed by atoms with E-state index in [0.717, 1.165) is 0 Å². The van der Waals surface area contributed by atoms with E-state index in [1.807, 2.05) is 0 Å². The number of carbonyl (C=O) groups excluding carboxylic acids is 1. The minimum atomic E-state index is -1.57. The summed E-state index contributed by atoms with van der Waals surface area (Å²) in [6, 6.07) is 13.4. The minimum Gasteiger partial charge on any atom is -0.508 e. The van der Waals surface area contributed by atoms with Crippen LogP contribution in [0.25, 0.3) is 0 Å². The van der Waals surface area contributed by atoms with Crippen molar-refractivity contribution in [2.45, 2.75) is 25.0 Å². The van der Waals surface area contributed by atoms with Gasteiger partial charge in [-0.05, 0) is 35.4 Å². The fourth-order valence-corrected chi connectivity index (χ4v) is 3.74. The van der Waals surface area contributed by atoms with Gasteiger partial charge in [0, 0.05) is 17.5 Å². The van der Waals surface area contributed by atoms with Crippen LogP contribution in [0.15, 0.2) is 54.6 Å². The fourth-order valence-electron chi connectivity index (χ4n) is 3.74. The molecule has 4 rings (SSSR count). The first kappa shape index (κ1) is 19.6. The van der Waals surface area contributed by atoms with Crippen LogP contribution in [0.2, 0.25) is 0 Å². The zero-order valence-electron chi connectivity index (χ0n) is 16.0. The van der Waals surface area contributed by atoms with Crippen LogP contribution in [0.5, 0.6) is 28.7 Å². The number of Topliss-reactive ketones (excluding diaryl/α,β-unsaturated/α-hetero) is 1. The molecule has 1 aliphatic rings. The number of ketones is 1. The second-order valence-electron chi connectivity index (χ2n) is 7.28. The number of rotatable bonds is 3. The number of ether oxygens (including phenoxy) is 1. The zero-order valence-corrected chi connectivity index (χ0v) is 16.0. The summed E-state index contributed by atoms with van der Waals surface area (Å²) in [6.45, 7) is 1.73. The van der Waals surface area contributed by atoms with Gasteiger partial charge in [-0.1, -0.05) is 31.2 Å². The summed E-state index contributed by atoms with van der Waals surface area (Å²) in [7, 11) is 0. The number of fused-ring (bicyclic) bond motifs is 1. The van der Waals surface area contributed by atoms with Crippen LogP contribution in [0.1, 0.15) is 46.0 Å². The SMILES string of the molecule is C[C@H](c1ccc(O)cc1)c1c(O)cc2c(c1O)C(=O)[C@H](O)[C@@H](c1ccc(O)cc1)O2. The van der Waals surface area contributed by atoms with Crippen molar-refractivity contribution in [3.63, 3.8) is 0 Å². The van der Waals surface area contributed by atoms with Crippen LogP contribution in [-0.2, 0) is 0 Å². The minimum absolute atomic E-state index is 0.0268. The highest BCUT2D eigenvalue weighted by Crippen LogP contribution is 2.48. The van der Waals surface area contributed by atoms with Gasteiger partial charge in [0.25, 0.3) is 0 Å². The van der Waals surface area contributed by atoms with Crippen molar-refractivity contribution in [1.29, 1.82) is 0 Å². The topological polar surface area (TPSA) is 127 Å². The summed E-state index contributed by atoms with van der Waals surface area (Å²) < 4.78 is 5.75. The maximum atomic E-state index is 12.9. The molecular formula is C23H20O7. The molecule has 0 aliphatic carbocycles. The lowest BCUT2D eigenvalue weighted by atomic mass is 9.86. The maximum Gasteiger partial charge on any atom is 0.202 e. The van der Waals surface area contributed by atoms with E-state index < -0.39 is 29.7 Å². The molecule has 154 valence electrons. The molecule has 3 aromatic rings. The molecule has 0 spiro atoms. The van der Waals surface area contributed by atoms with Crippen LogP contribution in [-0.4, -0.2) is 37.4 Å². The predicted octanol–water partition coefficient (Wildman–Crippen LogP) is 3.34. The Kier molecular flexibility index (Phi) is 4.75. The Morgan fingerprint density at radius 1 is 0.900 bits per heavy atom. The number of aliphatic hydroxyl groups is 1. The average Bonchev–Trinajstić information content (AvgIpc) is 2.71. The number of phenolic OH excluding ortho intramolecular Hbond substituents is 4. The first-order chi connectivity index (χ1) is 14.3. The summed E-state index contributed by atoms with van der Waals surface area (Å²) in [5.74, 6) is -1.89. The van der Waals surface area contributed by atoms with Crippen molar-refractivity contribution in [2.75, 3.05) is 0 Å². The van der Waals surface area contributed by atoms with Crippen LogP contribution in [0, 0.1) is 0 Å². The number of carbonyl (C=O) groups is 1. The zero-order chi connectivity index (χ0) is 21.6. The Morgan fingerprint density at radius 2 is 1.47 bits per heavy atom. The van der Waals surface area contributed by atoms with E-state index in [1.54, 1.807) is 19.1 Å². The Morgan fingerprint density at radius 3 is 2.07 bits per heavy atom. The Labute approximate surface area is 172 Å². The fraction of sp³-hybridized carbons (Fsp3) is 0.174. The number of benzene rings is 3. The summed E-state index contributed by atoms with van der Waals surface area (Å²) in [4.78, 5) is 12.9. The molecule has 3 atom stereocenters. The van der Waals surface area contributed by atoms with E-state index >= 15 is 0 Å². The molecule has 3 aromatic carbocycles. The van der Waals surface area contributed by atoms with E-state index in [0.29, 0.717) is 11.1 Å².